The van der Waals surface area contributed by atoms with Crippen molar-refractivity contribution in [2.45, 2.75) is 102 Å². The molecule has 0 radical (unpaired) electrons. The van der Waals surface area contributed by atoms with Crippen LogP contribution in [0.1, 0.15) is 90.2 Å². The lowest BCUT2D eigenvalue weighted by Gasteiger charge is -2.37. The van der Waals surface area contributed by atoms with E-state index in [2.05, 4.69) is 39.5 Å². The van der Waals surface area contributed by atoms with Gasteiger partial charge in [0.25, 0.3) is 0 Å². The van der Waals surface area contributed by atoms with Gasteiger partial charge in [0, 0.05) is 31.1 Å². The molecule has 4 rings (SSSR count). The van der Waals surface area contributed by atoms with Crippen LogP contribution in [0.25, 0.3) is 0 Å². The molecular weight excluding hydrogens is 500 g/mol. The predicted molar refractivity (Wildman–Crippen MR) is 153 cm³/mol. The summed E-state index contributed by atoms with van der Waals surface area (Å²) in [5.74, 6) is 1.14. The van der Waals surface area contributed by atoms with Crippen LogP contribution >= 0.6 is 11.8 Å². The molecule has 2 amide bonds. The molecule has 3 aliphatic rings. The average molecular weight is 545 g/mol. The van der Waals surface area contributed by atoms with Crippen molar-refractivity contribution in [1.29, 1.82) is 0 Å². The molecular formula is C29H44N4O4S. The van der Waals surface area contributed by atoms with Crippen LogP contribution in [0.3, 0.4) is 0 Å². The highest BCUT2D eigenvalue weighted by Gasteiger charge is 2.35. The first-order valence-corrected chi connectivity index (χ1v) is 15.4. The van der Waals surface area contributed by atoms with Gasteiger partial charge in [-0.15, -0.1) is 0 Å². The lowest BCUT2D eigenvalue weighted by Crippen LogP contribution is -2.52. The third-order valence-electron chi connectivity index (χ3n) is 7.71. The maximum atomic E-state index is 12.5. The number of benzene rings is 1. The van der Waals surface area contributed by atoms with Gasteiger partial charge >= 0.3 is 11.3 Å². The molecule has 1 unspecified atom stereocenters. The first-order valence-electron chi connectivity index (χ1n) is 14.2. The van der Waals surface area contributed by atoms with Gasteiger partial charge in [-0.25, -0.2) is 4.79 Å². The Hall–Kier alpha value is -2.26. The fourth-order valence-electron chi connectivity index (χ4n) is 5.99. The number of guanidine groups is 1. The van der Waals surface area contributed by atoms with E-state index >= 15 is 0 Å². The van der Waals surface area contributed by atoms with Gasteiger partial charge in [-0.3, -0.25) is 15.0 Å². The van der Waals surface area contributed by atoms with Crippen LogP contribution in [-0.2, 0) is 4.74 Å². The van der Waals surface area contributed by atoms with Crippen LogP contribution in [0.2, 0.25) is 0 Å². The number of likely N-dealkylation sites (tertiary alicyclic amines) is 1. The van der Waals surface area contributed by atoms with Gasteiger partial charge < -0.3 is 14.4 Å². The summed E-state index contributed by atoms with van der Waals surface area (Å²) < 4.78 is 11.6. The summed E-state index contributed by atoms with van der Waals surface area (Å²) in [6.45, 7) is 7.91. The Morgan fingerprint density at radius 2 is 1.76 bits per heavy atom. The molecule has 3 atom stereocenters. The van der Waals surface area contributed by atoms with E-state index < -0.39 is 11.7 Å². The number of carbonyl (C=O) groups is 2. The summed E-state index contributed by atoms with van der Waals surface area (Å²) in [5.41, 5.74) is 0.754. The molecule has 1 aromatic carbocycles. The number of nitrogens with zero attached hydrogens (tertiary/aromatic N) is 3. The van der Waals surface area contributed by atoms with Crippen LogP contribution in [0, 0.1) is 0 Å². The zero-order valence-electron chi connectivity index (χ0n) is 23.4. The summed E-state index contributed by atoms with van der Waals surface area (Å²) in [6, 6.07) is 10.1. The zero-order chi connectivity index (χ0) is 27.1. The van der Waals surface area contributed by atoms with Crippen molar-refractivity contribution in [2.24, 2.45) is 4.99 Å². The van der Waals surface area contributed by atoms with Gasteiger partial charge in [-0.05, 0) is 96.2 Å². The molecule has 1 aromatic rings. The van der Waals surface area contributed by atoms with Crippen LogP contribution in [-0.4, -0.2) is 70.7 Å². The van der Waals surface area contributed by atoms with Crippen molar-refractivity contribution in [3.05, 3.63) is 29.8 Å². The number of hydrogen-bond acceptors (Lipinski definition) is 6. The molecule has 9 heteroatoms. The smallest absolute Gasteiger partial charge is 0.414 e. The highest BCUT2D eigenvalue weighted by Crippen LogP contribution is 2.40. The standard InChI is InChI=1S/C29H44N4O4S/c1-29(2,3)37-27(34)30-26(31-28(35)38-4)33-19-8-6-10-23(33)17-20-36-24-14-11-21(12-15-24)25-16-13-22-9-5-7-18-32(22)25/h11-12,14-15,22-23,25H,5-10,13,16-20H2,1-4H3,(H,30,31,34,35)/t22-,23?,25-/m1/s1. The number of carbonyl (C=O) groups excluding carboxylic acids is 2. The molecule has 210 valence electrons. The topological polar surface area (TPSA) is 83.5 Å². The Morgan fingerprint density at radius 3 is 2.50 bits per heavy atom. The van der Waals surface area contributed by atoms with E-state index in [-0.39, 0.29) is 17.2 Å². The third-order valence-corrected chi connectivity index (χ3v) is 8.16. The summed E-state index contributed by atoms with van der Waals surface area (Å²) in [4.78, 5) is 33.6. The molecule has 0 spiro atoms. The van der Waals surface area contributed by atoms with E-state index in [1.807, 2.05) is 25.7 Å². The molecule has 3 heterocycles. The first kappa shape index (κ1) is 28.7. The monoisotopic (exact) mass is 544 g/mol. The Bertz CT molecular complexity index is 978. The molecule has 3 fully saturated rings. The molecule has 8 nitrogen and oxygen atoms in total. The Labute approximate surface area is 231 Å². The molecule has 0 aromatic heterocycles. The normalized spacial score (nSPS) is 24.6. The van der Waals surface area contributed by atoms with Crippen LogP contribution in [0.15, 0.2) is 29.3 Å². The van der Waals surface area contributed by atoms with E-state index in [1.54, 1.807) is 6.26 Å². The van der Waals surface area contributed by atoms with E-state index in [0.717, 1.165) is 49.2 Å². The minimum atomic E-state index is -0.642. The summed E-state index contributed by atoms with van der Waals surface area (Å²) >= 11 is 1.02. The third kappa shape index (κ3) is 7.88. The average Bonchev–Trinajstić information content (AvgIpc) is 3.32. The number of piperidine rings is 2. The second-order valence-corrected chi connectivity index (χ2v) is 12.3. The van der Waals surface area contributed by atoms with E-state index in [9.17, 15) is 9.59 Å². The lowest BCUT2D eigenvalue weighted by atomic mass is 10.00. The number of amides is 2. The van der Waals surface area contributed by atoms with Crippen LogP contribution < -0.4 is 10.1 Å². The molecule has 1 N–H and O–H groups in total. The van der Waals surface area contributed by atoms with Gasteiger partial charge in [-0.2, -0.15) is 4.99 Å². The van der Waals surface area contributed by atoms with E-state index in [1.165, 1.54) is 44.2 Å². The summed E-state index contributed by atoms with van der Waals surface area (Å²) in [5, 5.41) is 2.38. The van der Waals surface area contributed by atoms with Gasteiger partial charge in [0.1, 0.15) is 11.4 Å². The molecule has 3 saturated heterocycles. The molecule has 0 aliphatic carbocycles. The Kier molecular flexibility index (Phi) is 9.98. The van der Waals surface area contributed by atoms with Gasteiger partial charge in [0.15, 0.2) is 0 Å². The second kappa shape index (κ2) is 13.2. The molecule has 0 bridgehead atoms. The van der Waals surface area contributed by atoms with Crippen LogP contribution in [0.5, 0.6) is 5.75 Å². The highest BCUT2D eigenvalue weighted by atomic mass is 32.2. The van der Waals surface area contributed by atoms with Crippen molar-refractivity contribution < 1.29 is 19.1 Å². The summed E-state index contributed by atoms with van der Waals surface area (Å²) in [6.07, 6.45) is 11.5. The SMILES string of the molecule is CSC(=O)N=C(NC(=O)OC(C)(C)C)N1CCCCC1CCOc1ccc([C@H]2CC[C@H]3CCCCN32)cc1. The molecule has 0 saturated carbocycles. The van der Waals surface area contributed by atoms with Crippen LogP contribution in [0.4, 0.5) is 9.59 Å². The van der Waals surface area contributed by atoms with Crippen molar-refractivity contribution in [2.75, 3.05) is 26.0 Å². The fraction of sp³-hybridized carbons (Fsp3) is 0.690. The van der Waals surface area contributed by atoms with Crippen molar-refractivity contribution in [3.8, 4) is 5.75 Å². The molecule has 38 heavy (non-hydrogen) atoms. The quantitative estimate of drug-likeness (QED) is 0.341. The Morgan fingerprint density at radius 1 is 1.03 bits per heavy atom. The summed E-state index contributed by atoms with van der Waals surface area (Å²) in [7, 11) is 0. The second-order valence-electron chi connectivity index (χ2n) is 11.6. The predicted octanol–water partition coefficient (Wildman–Crippen LogP) is 6.36. The lowest BCUT2D eigenvalue weighted by molar-refractivity contribution is 0.0551. The van der Waals surface area contributed by atoms with Gasteiger partial charge in [-0.1, -0.05) is 30.3 Å². The maximum absolute atomic E-state index is 12.5. The van der Waals surface area contributed by atoms with Gasteiger partial charge in [0.2, 0.25) is 5.96 Å². The van der Waals surface area contributed by atoms with Crippen molar-refractivity contribution >= 4 is 29.1 Å². The van der Waals surface area contributed by atoms with Crippen molar-refractivity contribution in [1.82, 2.24) is 15.1 Å². The van der Waals surface area contributed by atoms with E-state index in [0.29, 0.717) is 19.2 Å². The fourth-order valence-corrected chi connectivity index (χ4v) is 6.16. The van der Waals surface area contributed by atoms with Crippen molar-refractivity contribution in [3.63, 3.8) is 0 Å². The number of nitrogens with one attached hydrogen (secondary N) is 1. The number of fused-ring (bicyclic) bond motifs is 1. The molecule has 3 aliphatic heterocycles. The van der Waals surface area contributed by atoms with Gasteiger partial charge in [0.05, 0.1) is 6.61 Å². The highest BCUT2D eigenvalue weighted by molar-refractivity contribution is 8.13. The van der Waals surface area contributed by atoms with E-state index in [4.69, 9.17) is 9.47 Å². The number of thioether (sulfide) groups is 1. The largest absolute Gasteiger partial charge is 0.494 e. The number of ether oxygens (including phenoxy) is 2. The number of aliphatic imine (C=N–C) groups is 1. The minimum Gasteiger partial charge on any atom is -0.494 e. The minimum absolute atomic E-state index is 0.112. The number of alkyl carbamates (subject to hydrolysis) is 1. The number of hydrogen-bond donors (Lipinski definition) is 1. The first-order chi connectivity index (χ1) is 18.2. The zero-order valence-corrected chi connectivity index (χ0v) is 24.2. The maximum Gasteiger partial charge on any atom is 0.414 e. The Balaban J connectivity index is 1.34. The number of rotatable bonds is 5.